The summed E-state index contributed by atoms with van der Waals surface area (Å²) in [5.41, 5.74) is 5.62. The van der Waals surface area contributed by atoms with Crippen LogP contribution in [-0.2, 0) is 42.8 Å². The molecule has 0 aliphatic rings. The van der Waals surface area contributed by atoms with Crippen LogP contribution in [0.15, 0.2) is 106 Å². The number of methoxy groups -OCH3 is 6. The van der Waals surface area contributed by atoms with Crippen LogP contribution in [0.4, 0.5) is 0 Å². The van der Waals surface area contributed by atoms with E-state index < -0.39 is 37.0 Å². The van der Waals surface area contributed by atoms with Crippen LogP contribution in [0.1, 0.15) is 54.9 Å². The first-order valence-corrected chi connectivity index (χ1v) is 26.2. The van der Waals surface area contributed by atoms with Gasteiger partial charge in [-0.3, -0.25) is 4.79 Å². The Morgan fingerprint density at radius 1 is 0.431 bits per heavy atom. The molecule has 6 aromatic carbocycles. The second-order valence-corrected chi connectivity index (χ2v) is 20.5. The van der Waals surface area contributed by atoms with Crippen molar-refractivity contribution >= 4 is 48.2 Å². The summed E-state index contributed by atoms with van der Waals surface area (Å²) in [6.45, 7) is 10.3. The number of benzene rings is 6. The molecule has 0 aliphatic heterocycles. The van der Waals surface area contributed by atoms with Gasteiger partial charge < -0.3 is 46.1 Å². The monoisotopic (exact) mass is 1070 g/mol. The highest BCUT2D eigenvalue weighted by Gasteiger charge is 2.29. The molecule has 0 atom stereocenters. The molecule has 388 valence electrons. The summed E-state index contributed by atoms with van der Waals surface area (Å²) in [5.74, 6) is 1.17. The van der Waals surface area contributed by atoms with Gasteiger partial charge in [-0.2, -0.15) is 25.3 Å². The number of hydrogen-bond acceptors (Lipinski definition) is 17. The van der Waals surface area contributed by atoms with Gasteiger partial charge in [-0.1, -0.05) is 53.1 Å². The van der Waals surface area contributed by atoms with Gasteiger partial charge in [0, 0.05) is 11.1 Å². The maximum absolute atomic E-state index is 12.6. The van der Waals surface area contributed by atoms with E-state index in [1.807, 2.05) is 20.8 Å². The number of ether oxygens (including phenoxy) is 6. The Morgan fingerprint density at radius 3 is 1.01 bits per heavy atom. The van der Waals surface area contributed by atoms with Gasteiger partial charge in [-0.15, -0.1) is 11.6 Å². The van der Waals surface area contributed by atoms with E-state index in [4.69, 9.17) is 52.6 Å². The fourth-order valence-electron chi connectivity index (χ4n) is 6.70. The van der Waals surface area contributed by atoms with Gasteiger partial charge in [0.1, 0.15) is 14.7 Å². The lowest BCUT2D eigenvalue weighted by Gasteiger charge is -2.18. The highest BCUT2D eigenvalue weighted by atomic mass is 35.5. The maximum atomic E-state index is 12.6. The van der Waals surface area contributed by atoms with E-state index in [2.05, 4.69) is 0 Å². The summed E-state index contributed by atoms with van der Waals surface area (Å²) in [4.78, 5) is 11.5. The van der Waals surface area contributed by atoms with Crippen molar-refractivity contribution < 1.29 is 76.1 Å². The topological polar surface area (TPSA) is 223 Å². The Balaban J connectivity index is 0.000000234. The Bertz CT molecular complexity index is 3050. The second-order valence-electron chi connectivity index (χ2n) is 15.6. The number of alkyl halides is 1. The van der Waals surface area contributed by atoms with Crippen LogP contribution in [0.5, 0.6) is 51.7 Å². The minimum absolute atomic E-state index is 0.0134. The number of aliphatic hydroxyl groups excluding tert-OH is 1. The average Bonchev–Trinajstić information content (AvgIpc) is 3.34. The van der Waals surface area contributed by atoms with Gasteiger partial charge in [-0.05, 0) is 113 Å². The Morgan fingerprint density at radius 2 is 0.722 bits per heavy atom. The summed E-state index contributed by atoms with van der Waals surface area (Å²) in [7, 11) is -3.80. The van der Waals surface area contributed by atoms with Crippen molar-refractivity contribution in [3.8, 4) is 51.7 Å². The molecular formula is C51H57ClO17S3. The van der Waals surface area contributed by atoms with Crippen molar-refractivity contribution in [2.45, 2.75) is 68.7 Å². The fourth-order valence-corrected chi connectivity index (χ4v) is 9.90. The summed E-state index contributed by atoms with van der Waals surface area (Å²) < 4.78 is 123. The molecule has 21 heteroatoms. The summed E-state index contributed by atoms with van der Waals surface area (Å²) >= 11 is 5.99. The van der Waals surface area contributed by atoms with Gasteiger partial charge in [-0.25, -0.2) is 0 Å². The largest absolute Gasteiger partial charge is 0.493 e. The molecule has 6 rings (SSSR count). The third-order valence-corrected chi connectivity index (χ3v) is 14.7. The summed E-state index contributed by atoms with van der Waals surface area (Å²) in [5, 5.41) is 9.62. The van der Waals surface area contributed by atoms with Crippen LogP contribution in [-0.4, -0.2) is 79.3 Å². The van der Waals surface area contributed by atoms with Gasteiger partial charge in [0.05, 0.1) is 60.7 Å². The van der Waals surface area contributed by atoms with Gasteiger partial charge in [0.25, 0.3) is 0 Å². The zero-order valence-corrected chi connectivity index (χ0v) is 44.9. The lowest BCUT2D eigenvalue weighted by molar-refractivity contribution is 0.112. The minimum Gasteiger partial charge on any atom is -0.493 e. The average molecular weight is 1070 g/mol. The van der Waals surface area contributed by atoms with Crippen LogP contribution in [0.2, 0.25) is 0 Å². The Labute approximate surface area is 426 Å². The van der Waals surface area contributed by atoms with Crippen LogP contribution in [0, 0.1) is 41.5 Å². The van der Waals surface area contributed by atoms with Crippen LogP contribution >= 0.6 is 11.6 Å². The molecule has 0 saturated carbocycles. The molecule has 0 aliphatic carbocycles. The normalized spacial score (nSPS) is 11.1. The first-order chi connectivity index (χ1) is 34.0. The van der Waals surface area contributed by atoms with Gasteiger partial charge in [0.15, 0.2) is 40.8 Å². The third kappa shape index (κ3) is 13.6. The van der Waals surface area contributed by atoms with E-state index >= 15 is 0 Å². The second kappa shape index (κ2) is 25.1. The third-order valence-electron chi connectivity index (χ3n) is 10.7. The van der Waals surface area contributed by atoms with Crippen LogP contribution < -0.4 is 41.0 Å². The molecular weight excluding hydrogens is 1020 g/mol. The van der Waals surface area contributed by atoms with E-state index in [0.29, 0.717) is 40.0 Å². The summed E-state index contributed by atoms with van der Waals surface area (Å²) in [6, 6.07) is 23.8. The van der Waals surface area contributed by atoms with Gasteiger partial charge in [0.2, 0.25) is 17.2 Å². The molecule has 0 bridgehead atoms. The first-order valence-electron chi connectivity index (χ1n) is 21.4. The maximum Gasteiger partial charge on any atom is 0.339 e. The molecule has 17 nitrogen and oxygen atoms in total. The molecule has 72 heavy (non-hydrogen) atoms. The minimum atomic E-state index is -4.13. The number of halogens is 1. The molecule has 6 aromatic rings. The number of aryl methyl sites for hydroxylation is 6. The number of aliphatic hydroxyl groups is 1. The van der Waals surface area contributed by atoms with E-state index in [1.54, 1.807) is 75.4 Å². The molecule has 1 N–H and O–H groups in total. The van der Waals surface area contributed by atoms with E-state index in [9.17, 15) is 35.2 Å². The fraction of sp³-hybridized carbons (Fsp3) is 0.275. The first kappa shape index (κ1) is 57.9. The predicted molar refractivity (Wildman–Crippen MR) is 271 cm³/mol. The zero-order chi connectivity index (χ0) is 53.7. The van der Waals surface area contributed by atoms with Crippen molar-refractivity contribution in [2.24, 2.45) is 0 Å². The van der Waals surface area contributed by atoms with E-state index in [-0.39, 0.29) is 66.4 Å². The molecule has 0 fully saturated rings. The summed E-state index contributed by atoms with van der Waals surface area (Å²) in [6.07, 6.45) is 0.525. The Kier molecular flexibility index (Phi) is 20.2. The smallest absolute Gasteiger partial charge is 0.339 e. The standard InChI is InChI=1S/C17H19ClO5S.C17H20O6S.C17H18O6S/c3*1-11-5-7-13(8-6-11)24(19,20)23-16-14(10-18)12(2)9-15(21-3)17(16)22-4/h5-9H,10H2,1-4H3;5-9,18H,10H2,1-4H3;5-10H,1-4H3. The molecule has 0 amide bonds. The molecule has 0 unspecified atom stereocenters. The highest BCUT2D eigenvalue weighted by molar-refractivity contribution is 7.87. The number of hydrogen-bond donors (Lipinski definition) is 1. The molecule has 0 heterocycles. The lowest BCUT2D eigenvalue weighted by atomic mass is 10.1. The van der Waals surface area contributed by atoms with Crippen molar-refractivity contribution in [1.82, 2.24) is 0 Å². The Hall–Kier alpha value is -6.71. The van der Waals surface area contributed by atoms with E-state index in [0.717, 1.165) is 22.3 Å². The van der Waals surface area contributed by atoms with Gasteiger partial charge >= 0.3 is 30.4 Å². The SMILES string of the molecule is COc1cc(C)c(C=O)c(OS(=O)(=O)c2ccc(C)cc2)c1OC.COc1cc(C)c(CCl)c(OS(=O)(=O)c2ccc(C)cc2)c1OC.COc1cc(C)c(CO)c(OS(=O)(=O)c2ccc(C)cc2)c1OC. The van der Waals surface area contributed by atoms with E-state index in [1.165, 1.54) is 79.1 Å². The van der Waals surface area contributed by atoms with Crippen molar-refractivity contribution in [3.05, 3.63) is 141 Å². The molecule has 0 aromatic heterocycles. The molecule has 0 spiro atoms. The number of carbonyl (C=O) groups excluding carboxylic acids is 1. The van der Waals surface area contributed by atoms with Crippen LogP contribution in [0.25, 0.3) is 0 Å². The quantitative estimate of drug-likeness (QED) is 0.0481. The number of rotatable bonds is 18. The number of carbonyl (C=O) groups is 1. The number of aldehydes is 1. The zero-order valence-electron chi connectivity index (χ0n) is 41.7. The molecule has 0 saturated heterocycles. The van der Waals surface area contributed by atoms with Crippen LogP contribution in [0.3, 0.4) is 0 Å². The van der Waals surface area contributed by atoms with Crippen molar-refractivity contribution in [2.75, 3.05) is 42.7 Å². The molecule has 0 radical (unpaired) electrons. The highest BCUT2D eigenvalue weighted by Crippen LogP contribution is 2.46. The van der Waals surface area contributed by atoms with Crippen molar-refractivity contribution in [1.29, 1.82) is 0 Å². The van der Waals surface area contributed by atoms with Crippen molar-refractivity contribution in [3.63, 3.8) is 0 Å². The lowest BCUT2D eigenvalue weighted by Crippen LogP contribution is -2.13. The predicted octanol–water partition coefficient (Wildman–Crippen LogP) is 9.31.